The first kappa shape index (κ1) is 19.2. The van der Waals surface area contributed by atoms with E-state index in [0.29, 0.717) is 23.8 Å². The molecule has 2 bridgehead atoms. The van der Waals surface area contributed by atoms with Crippen LogP contribution in [-0.4, -0.2) is 34.2 Å². The molecular weight excluding hydrogens is 370 g/mol. The van der Waals surface area contributed by atoms with Crippen LogP contribution in [0.3, 0.4) is 0 Å². The van der Waals surface area contributed by atoms with Gasteiger partial charge in [0.15, 0.2) is 0 Å². The highest BCUT2D eigenvalue weighted by Crippen LogP contribution is 2.50. The lowest BCUT2D eigenvalue weighted by molar-refractivity contribution is 0.120. The Morgan fingerprint density at radius 2 is 1.79 bits per heavy atom. The van der Waals surface area contributed by atoms with Gasteiger partial charge >= 0.3 is 0 Å². The summed E-state index contributed by atoms with van der Waals surface area (Å²) in [5, 5.41) is 5.06. The average molecular weight is 396 g/mol. The van der Waals surface area contributed by atoms with Crippen molar-refractivity contribution in [3.63, 3.8) is 0 Å². The number of hydrogen-bond acceptors (Lipinski definition) is 4. The maximum Gasteiger partial charge on any atom is 0.232 e. The van der Waals surface area contributed by atoms with Gasteiger partial charge in [-0.15, -0.1) is 0 Å². The Morgan fingerprint density at radius 1 is 1.04 bits per heavy atom. The summed E-state index contributed by atoms with van der Waals surface area (Å²) >= 11 is 6.12. The van der Waals surface area contributed by atoms with Crippen LogP contribution in [0.4, 0.5) is 0 Å². The fraction of sp³-hybridized carbons (Fsp3) is 0.391. The lowest BCUT2D eigenvalue weighted by Crippen LogP contribution is -2.44. The Balaban J connectivity index is 0.00000192. The molecule has 0 spiro atoms. The molecule has 2 saturated heterocycles. The zero-order chi connectivity index (χ0) is 18.4. The quantitative estimate of drug-likeness (QED) is 0.565. The molecule has 0 radical (unpaired) electrons. The number of nitrogens with zero attached hydrogens (tertiary/aromatic N) is 3. The fourth-order valence-electron chi connectivity index (χ4n) is 4.93. The third-order valence-electron chi connectivity index (χ3n) is 6.33. The van der Waals surface area contributed by atoms with Gasteiger partial charge in [0, 0.05) is 22.7 Å². The van der Waals surface area contributed by atoms with E-state index in [9.17, 15) is 0 Å². The van der Waals surface area contributed by atoms with Gasteiger partial charge in [0.05, 0.1) is 5.92 Å². The van der Waals surface area contributed by atoms with E-state index in [4.69, 9.17) is 21.1 Å². The monoisotopic (exact) mass is 395 g/mol. The van der Waals surface area contributed by atoms with Crippen molar-refractivity contribution in [2.45, 2.75) is 50.6 Å². The van der Waals surface area contributed by atoms with Crippen LogP contribution < -0.4 is 0 Å². The Morgan fingerprint density at radius 3 is 2.54 bits per heavy atom. The van der Waals surface area contributed by atoms with Crippen molar-refractivity contribution in [3.8, 4) is 11.4 Å². The van der Waals surface area contributed by atoms with E-state index in [0.717, 1.165) is 22.9 Å². The number of benzene rings is 2. The highest BCUT2D eigenvalue weighted by molar-refractivity contribution is 6.30. The van der Waals surface area contributed by atoms with Gasteiger partial charge in [-0.1, -0.05) is 66.6 Å². The van der Waals surface area contributed by atoms with Gasteiger partial charge in [0.25, 0.3) is 0 Å². The molecule has 2 aliphatic heterocycles. The summed E-state index contributed by atoms with van der Waals surface area (Å²) in [5.74, 6) is 2.01. The van der Waals surface area contributed by atoms with Crippen molar-refractivity contribution in [3.05, 3.63) is 71.1 Å². The van der Waals surface area contributed by atoms with Gasteiger partial charge < -0.3 is 4.52 Å². The molecule has 0 saturated carbocycles. The Bertz CT molecular complexity index is 925. The summed E-state index contributed by atoms with van der Waals surface area (Å²) in [5.41, 5.74) is 2.30. The van der Waals surface area contributed by atoms with Crippen LogP contribution in [-0.2, 0) is 0 Å². The molecule has 2 aromatic carbocycles. The van der Waals surface area contributed by atoms with Crippen LogP contribution in [0.5, 0.6) is 0 Å². The molecule has 28 heavy (non-hydrogen) atoms. The second-order valence-corrected chi connectivity index (χ2v) is 8.14. The van der Waals surface area contributed by atoms with Crippen LogP contribution in [0.15, 0.2) is 59.1 Å². The summed E-state index contributed by atoms with van der Waals surface area (Å²) < 4.78 is 5.82. The molecule has 4 atom stereocenters. The predicted molar refractivity (Wildman–Crippen MR) is 113 cm³/mol. The molecule has 3 aromatic rings. The first-order valence-corrected chi connectivity index (χ1v) is 9.95. The van der Waals surface area contributed by atoms with Gasteiger partial charge in [-0.3, -0.25) is 4.90 Å². The number of rotatable bonds is 3. The van der Waals surface area contributed by atoms with Crippen LogP contribution >= 0.6 is 11.6 Å². The minimum Gasteiger partial charge on any atom is -0.339 e. The van der Waals surface area contributed by atoms with Gasteiger partial charge in [-0.2, -0.15) is 4.98 Å². The summed E-state index contributed by atoms with van der Waals surface area (Å²) in [6, 6.07) is 19.4. The molecule has 5 rings (SSSR count). The highest BCUT2D eigenvalue weighted by Gasteiger charge is 2.48. The first-order valence-electron chi connectivity index (χ1n) is 9.57. The minimum atomic E-state index is 0. The third kappa shape index (κ3) is 3.25. The van der Waals surface area contributed by atoms with Gasteiger partial charge in [0.1, 0.15) is 0 Å². The van der Waals surface area contributed by atoms with Crippen molar-refractivity contribution in [1.29, 1.82) is 0 Å². The van der Waals surface area contributed by atoms with Crippen molar-refractivity contribution >= 4 is 11.6 Å². The summed E-state index contributed by atoms with van der Waals surface area (Å²) in [7, 11) is 2.24. The van der Waals surface area contributed by atoms with E-state index in [2.05, 4.69) is 29.2 Å². The fourth-order valence-corrected chi connectivity index (χ4v) is 5.06. The Labute approximate surface area is 171 Å². The number of piperidine rings is 1. The number of likely N-dealkylation sites (N-methyl/N-ethyl adjacent to an activating group) is 1. The Kier molecular flexibility index (Phi) is 5.26. The van der Waals surface area contributed by atoms with Crippen molar-refractivity contribution < 1.29 is 4.52 Å². The molecule has 0 N–H and O–H groups in total. The van der Waals surface area contributed by atoms with E-state index in [-0.39, 0.29) is 13.3 Å². The van der Waals surface area contributed by atoms with Crippen LogP contribution in [0.2, 0.25) is 5.02 Å². The molecule has 0 aliphatic carbocycles. The second-order valence-electron chi connectivity index (χ2n) is 7.71. The lowest BCUT2D eigenvalue weighted by atomic mass is 9.76. The Hall–Kier alpha value is -2.17. The van der Waals surface area contributed by atoms with Gasteiger partial charge in [0.2, 0.25) is 11.7 Å². The minimum absolute atomic E-state index is 0. The lowest BCUT2D eigenvalue weighted by Gasteiger charge is -2.41. The molecule has 1 aromatic heterocycles. The van der Waals surface area contributed by atoms with Crippen LogP contribution in [0.25, 0.3) is 11.4 Å². The summed E-state index contributed by atoms with van der Waals surface area (Å²) in [4.78, 5) is 7.34. The standard InChI is InChI=1S/C22H22ClN3O.CH4/c1-26-17-11-12-19(26)20(18(13-17)14-7-9-16(23)10-8-14)22-24-21(25-27-22)15-5-3-2-4-6-15;/h2-10,17-20H,11-13H2,1H3;1H4. The van der Waals surface area contributed by atoms with Gasteiger partial charge in [-0.25, -0.2) is 0 Å². The largest absolute Gasteiger partial charge is 0.339 e. The third-order valence-corrected chi connectivity index (χ3v) is 6.58. The first-order chi connectivity index (χ1) is 13.2. The molecule has 3 heterocycles. The van der Waals surface area contributed by atoms with Crippen molar-refractivity contribution in [2.75, 3.05) is 7.05 Å². The second kappa shape index (κ2) is 7.69. The van der Waals surface area contributed by atoms with Crippen LogP contribution in [0, 0.1) is 0 Å². The smallest absolute Gasteiger partial charge is 0.232 e. The SMILES string of the molecule is C.CN1C2CCC1C(c1nc(-c3ccccc3)no1)C(c1ccc(Cl)cc1)C2. The summed E-state index contributed by atoms with van der Waals surface area (Å²) in [6.45, 7) is 0. The van der Waals surface area contributed by atoms with E-state index < -0.39 is 0 Å². The normalized spacial score (nSPS) is 26.8. The molecule has 4 unspecified atom stereocenters. The van der Waals surface area contributed by atoms with Crippen molar-refractivity contribution in [1.82, 2.24) is 15.0 Å². The number of fused-ring (bicyclic) bond motifs is 2. The molecule has 0 amide bonds. The van der Waals surface area contributed by atoms with Gasteiger partial charge in [-0.05, 0) is 49.9 Å². The highest BCUT2D eigenvalue weighted by atomic mass is 35.5. The maximum atomic E-state index is 6.12. The topological polar surface area (TPSA) is 42.2 Å². The molecule has 5 heteroatoms. The van der Waals surface area contributed by atoms with Crippen molar-refractivity contribution in [2.24, 2.45) is 0 Å². The van der Waals surface area contributed by atoms with Crippen LogP contribution in [0.1, 0.15) is 50.0 Å². The van der Waals surface area contributed by atoms with E-state index in [1.54, 1.807) is 0 Å². The molecule has 4 nitrogen and oxygen atoms in total. The molecular formula is C23H26ClN3O. The molecule has 2 aliphatic rings. The number of halogens is 1. The number of aromatic nitrogens is 2. The zero-order valence-corrected chi connectivity index (χ0v) is 16.0. The average Bonchev–Trinajstić information content (AvgIpc) is 3.26. The maximum absolute atomic E-state index is 6.12. The van der Waals surface area contributed by atoms with E-state index in [1.165, 1.54) is 18.4 Å². The zero-order valence-electron chi connectivity index (χ0n) is 15.3. The molecule has 2 fully saturated rings. The predicted octanol–water partition coefficient (Wildman–Crippen LogP) is 5.76. The summed E-state index contributed by atoms with van der Waals surface area (Å²) in [6.07, 6.45) is 3.53. The number of hydrogen-bond donors (Lipinski definition) is 0. The molecule has 146 valence electrons. The van der Waals surface area contributed by atoms with E-state index in [1.807, 2.05) is 42.5 Å². The van der Waals surface area contributed by atoms with E-state index >= 15 is 0 Å².